The average Bonchev–Trinajstić information content (AvgIpc) is 2.99. The molecule has 1 aromatic carbocycles. The Morgan fingerprint density at radius 3 is 2.47 bits per heavy atom. The van der Waals surface area contributed by atoms with Crippen molar-refractivity contribution in [2.24, 2.45) is 0 Å². The van der Waals surface area contributed by atoms with Gasteiger partial charge in [0, 0.05) is 36.1 Å². The van der Waals surface area contributed by atoms with Crippen LogP contribution in [0.15, 0.2) is 29.2 Å². The van der Waals surface area contributed by atoms with E-state index >= 15 is 0 Å². The van der Waals surface area contributed by atoms with Gasteiger partial charge in [0.05, 0.1) is 33.4 Å². The number of aromatic nitrogens is 2. The highest BCUT2D eigenvalue weighted by Crippen LogP contribution is 2.43. The molecule has 2 aromatic rings. The van der Waals surface area contributed by atoms with Crippen LogP contribution in [0.5, 0.6) is 0 Å². The van der Waals surface area contributed by atoms with E-state index < -0.39 is 10.8 Å². The maximum atomic E-state index is 13.2. The van der Waals surface area contributed by atoms with Crippen molar-refractivity contribution in [3.63, 3.8) is 0 Å². The molecule has 0 amide bonds. The van der Waals surface area contributed by atoms with Gasteiger partial charge in [-0.15, -0.1) is 0 Å². The fourth-order valence-corrected chi connectivity index (χ4v) is 6.62. The maximum Gasteiger partial charge on any atom is 0.146 e. The van der Waals surface area contributed by atoms with E-state index in [1.807, 2.05) is 26.0 Å². The van der Waals surface area contributed by atoms with Gasteiger partial charge < -0.3 is 15.3 Å². The fraction of sp³-hybridized carbons (Fsp3) is 0.583. The first-order chi connectivity index (χ1) is 15.3. The number of hydrogen-bond donors (Lipinski definition) is 2. The highest BCUT2D eigenvalue weighted by atomic mass is 35.5. The Bertz CT molecular complexity index is 1030. The molecule has 1 saturated heterocycles. The van der Waals surface area contributed by atoms with Crippen LogP contribution in [-0.2, 0) is 17.2 Å². The van der Waals surface area contributed by atoms with Gasteiger partial charge in [-0.25, -0.2) is 9.97 Å². The Balaban J connectivity index is 1.41. The van der Waals surface area contributed by atoms with Crippen LogP contribution in [0.4, 0.5) is 11.5 Å². The van der Waals surface area contributed by atoms with Crippen molar-refractivity contribution >= 4 is 33.9 Å². The molecule has 1 atom stereocenters. The number of nitrogens with zero attached hydrogens (tertiary/aromatic N) is 3. The standard InChI is InChI=1S/C24H31ClN4O2S/c1-23(2)14-19-20(32(23)31)22(28-24(15-30)10-3-11-24)27-21(26-19)16-8-12-29(13-9-16)18-6-4-17(25)5-7-18/h4-7,16,30H,3,8-15H2,1-2H3,(H,26,27,28)/t32-/m0/s1. The number of rotatable bonds is 5. The predicted molar refractivity (Wildman–Crippen MR) is 129 cm³/mol. The number of anilines is 2. The molecular weight excluding hydrogens is 444 g/mol. The van der Waals surface area contributed by atoms with E-state index in [1.54, 1.807) is 0 Å². The summed E-state index contributed by atoms with van der Waals surface area (Å²) < 4.78 is 12.9. The third kappa shape index (κ3) is 3.93. The van der Waals surface area contributed by atoms with Crippen molar-refractivity contribution in [3.05, 3.63) is 40.8 Å². The van der Waals surface area contributed by atoms with Crippen LogP contribution in [0.2, 0.25) is 5.02 Å². The predicted octanol–water partition coefficient (Wildman–Crippen LogP) is 4.28. The van der Waals surface area contributed by atoms with Crippen molar-refractivity contribution in [2.45, 2.75) is 73.5 Å². The second kappa shape index (κ2) is 8.26. The molecule has 0 radical (unpaired) electrons. The van der Waals surface area contributed by atoms with Gasteiger partial charge in [0.25, 0.3) is 0 Å². The van der Waals surface area contributed by atoms with Gasteiger partial charge in [-0.3, -0.25) is 4.21 Å². The first-order valence-corrected chi connectivity index (χ1v) is 13.1. The lowest BCUT2D eigenvalue weighted by atomic mass is 9.77. The molecule has 6 nitrogen and oxygen atoms in total. The summed E-state index contributed by atoms with van der Waals surface area (Å²) in [5, 5.41) is 14.3. The van der Waals surface area contributed by atoms with Crippen LogP contribution in [0, 0.1) is 0 Å². The van der Waals surface area contributed by atoms with Gasteiger partial charge in [0.2, 0.25) is 0 Å². The molecule has 1 aliphatic carbocycles. The molecule has 1 saturated carbocycles. The molecule has 0 bridgehead atoms. The Morgan fingerprint density at radius 2 is 1.88 bits per heavy atom. The van der Waals surface area contributed by atoms with Crippen molar-refractivity contribution in [2.75, 3.05) is 29.9 Å². The normalized spacial score (nSPS) is 24.1. The molecular formula is C24H31ClN4O2S. The number of piperidine rings is 1. The summed E-state index contributed by atoms with van der Waals surface area (Å²) in [4.78, 5) is 13.0. The van der Waals surface area contributed by atoms with Crippen LogP contribution in [-0.4, -0.2) is 49.3 Å². The second-order valence-electron chi connectivity index (χ2n) is 10.1. The summed E-state index contributed by atoms with van der Waals surface area (Å²) in [6, 6.07) is 8.01. The Morgan fingerprint density at radius 1 is 1.19 bits per heavy atom. The van der Waals surface area contributed by atoms with Gasteiger partial charge in [0.1, 0.15) is 16.5 Å². The quantitative estimate of drug-likeness (QED) is 0.673. The molecule has 32 heavy (non-hydrogen) atoms. The molecule has 172 valence electrons. The summed E-state index contributed by atoms with van der Waals surface area (Å²) >= 11 is 6.04. The maximum absolute atomic E-state index is 13.2. The summed E-state index contributed by atoms with van der Waals surface area (Å²) in [5.41, 5.74) is 1.76. The summed E-state index contributed by atoms with van der Waals surface area (Å²) in [5.74, 6) is 1.81. The molecule has 1 aromatic heterocycles. The number of fused-ring (bicyclic) bond motifs is 1. The molecule has 5 rings (SSSR count). The lowest BCUT2D eigenvalue weighted by Gasteiger charge is -2.42. The van der Waals surface area contributed by atoms with Crippen molar-refractivity contribution < 1.29 is 9.32 Å². The summed E-state index contributed by atoms with van der Waals surface area (Å²) in [6.07, 6.45) is 5.54. The van der Waals surface area contributed by atoms with E-state index in [9.17, 15) is 9.32 Å². The fourth-order valence-electron chi connectivity index (χ4n) is 5.07. The van der Waals surface area contributed by atoms with Gasteiger partial charge >= 0.3 is 0 Å². The number of aliphatic hydroxyl groups excluding tert-OH is 1. The second-order valence-corrected chi connectivity index (χ2v) is 12.6. The third-order valence-corrected chi connectivity index (χ3v) is 9.48. The lowest BCUT2D eigenvalue weighted by molar-refractivity contribution is 0.143. The first-order valence-electron chi connectivity index (χ1n) is 11.5. The van der Waals surface area contributed by atoms with E-state index in [4.69, 9.17) is 21.6 Å². The van der Waals surface area contributed by atoms with Crippen molar-refractivity contribution in [1.29, 1.82) is 0 Å². The summed E-state index contributed by atoms with van der Waals surface area (Å²) in [7, 11) is -1.17. The molecule has 3 aliphatic rings. The molecule has 0 unspecified atom stereocenters. The van der Waals surface area contributed by atoms with E-state index in [-0.39, 0.29) is 22.8 Å². The number of aliphatic hydroxyl groups is 1. The lowest BCUT2D eigenvalue weighted by Crippen LogP contribution is -2.48. The van der Waals surface area contributed by atoms with Crippen LogP contribution < -0.4 is 10.2 Å². The third-order valence-electron chi connectivity index (χ3n) is 7.28. The van der Waals surface area contributed by atoms with E-state index in [0.29, 0.717) is 12.2 Å². The van der Waals surface area contributed by atoms with Crippen LogP contribution in [0.25, 0.3) is 0 Å². The van der Waals surface area contributed by atoms with E-state index in [0.717, 1.165) is 66.6 Å². The first kappa shape index (κ1) is 22.1. The van der Waals surface area contributed by atoms with Crippen LogP contribution in [0.1, 0.15) is 63.4 Å². The zero-order chi connectivity index (χ0) is 22.5. The SMILES string of the molecule is CC1(C)Cc2nc(C3CCN(c4ccc(Cl)cc4)CC3)nc(NC3(CO)CCC3)c2[S@@]1=O. The Hall–Kier alpha value is -1.70. The number of benzene rings is 1. The molecule has 0 spiro atoms. The van der Waals surface area contributed by atoms with Gasteiger partial charge in [-0.05, 0) is 70.2 Å². The van der Waals surface area contributed by atoms with Gasteiger partial charge in [0.15, 0.2) is 0 Å². The number of nitrogens with one attached hydrogen (secondary N) is 1. The molecule has 2 N–H and O–H groups in total. The highest BCUT2D eigenvalue weighted by Gasteiger charge is 2.44. The Kier molecular flexibility index (Phi) is 5.71. The minimum Gasteiger partial charge on any atom is -0.394 e. The van der Waals surface area contributed by atoms with Crippen molar-refractivity contribution in [3.8, 4) is 0 Å². The molecule has 8 heteroatoms. The summed E-state index contributed by atoms with van der Waals surface area (Å²) in [6.45, 7) is 6.01. The topological polar surface area (TPSA) is 78.3 Å². The number of hydrogen-bond acceptors (Lipinski definition) is 6. The van der Waals surface area contributed by atoms with E-state index in [1.165, 1.54) is 5.69 Å². The van der Waals surface area contributed by atoms with Gasteiger partial charge in [-0.2, -0.15) is 0 Å². The molecule has 2 aliphatic heterocycles. The van der Waals surface area contributed by atoms with Crippen LogP contribution >= 0.6 is 11.6 Å². The van der Waals surface area contributed by atoms with E-state index in [2.05, 4.69) is 22.3 Å². The largest absolute Gasteiger partial charge is 0.394 e. The molecule has 2 fully saturated rings. The monoisotopic (exact) mass is 474 g/mol. The Labute approximate surface area is 197 Å². The zero-order valence-corrected chi connectivity index (χ0v) is 20.3. The highest BCUT2D eigenvalue weighted by molar-refractivity contribution is 7.87. The average molecular weight is 475 g/mol. The minimum atomic E-state index is -1.17. The van der Waals surface area contributed by atoms with Crippen molar-refractivity contribution in [1.82, 2.24) is 9.97 Å². The minimum absolute atomic E-state index is 0.0661. The van der Waals surface area contributed by atoms with Crippen LogP contribution in [0.3, 0.4) is 0 Å². The molecule has 3 heterocycles. The smallest absolute Gasteiger partial charge is 0.146 e. The number of halogens is 1. The zero-order valence-electron chi connectivity index (χ0n) is 18.7. The van der Waals surface area contributed by atoms with Gasteiger partial charge in [-0.1, -0.05) is 11.6 Å².